The topological polar surface area (TPSA) is 146 Å². The van der Waals surface area contributed by atoms with E-state index in [1.54, 1.807) is 0 Å². The van der Waals surface area contributed by atoms with E-state index in [1.165, 1.54) is 19.2 Å². The van der Waals surface area contributed by atoms with Crippen molar-refractivity contribution in [2.24, 2.45) is 0 Å². The van der Waals surface area contributed by atoms with Crippen LogP contribution in [0.25, 0.3) is 0 Å². The van der Waals surface area contributed by atoms with Crippen LogP contribution in [0.4, 0.5) is 0 Å². The predicted octanol–water partition coefficient (Wildman–Crippen LogP) is -0.679. The molecule has 5 atom stereocenters. The van der Waals surface area contributed by atoms with Crippen LogP contribution >= 0.6 is 23.2 Å². The number of aliphatic hydroxyl groups is 5. The Bertz CT molecular complexity index is 669. The molecule has 146 valence electrons. The minimum atomic E-state index is -2.57. The molecule has 1 saturated heterocycles. The molecule has 1 heterocycles. The minimum absolute atomic E-state index is 0.0305. The second-order valence-corrected chi connectivity index (χ2v) is 6.44. The lowest BCUT2D eigenvalue weighted by atomic mass is 9.93. The molecule has 0 spiro atoms. The summed E-state index contributed by atoms with van der Waals surface area (Å²) in [4.78, 5) is 12.3. The number of methoxy groups -OCH3 is 1. The number of ether oxygens (including phenoxy) is 3. The highest BCUT2D eigenvalue weighted by Gasteiger charge is 2.53. The molecule has 1 aromatic rings. The van der Waals surface area contributed by atoms with Gasteiger partial charge in [-0.2, -0.15) is 0 Å². The summed E-state index contributed by atoms with van der Waals surface area (Å²) in [5.41, 5.74) is -0.213. The van der Waals surface area contributed by atoms with Crippen molar-refractivity contribution in [3.63, 3.8) is 0 Å². The summed E-state index contributed by atoms with van der Waals surface area (Å²) in [6.45, 7) is -1.69. The Morgan fingerprint density at radius 1 is 1.23 bits per heavy atom. The fourth-order valence-electron chi connectivity index (χ4n) is 2.50. The minimum Gasteiger partial charge on any atom is -0.494 e. The molecule has 1 fully saturated rings. The molecular weight excluding hydrogens is 395 g/mol. The zero-order chi connectivity index (χ0) is 19.6. The van der Waals surface area contributed by atoms with Crippen LogP contribution in [0.1, 0.15) is 10.4 Å². The number of aliphatic hydroxyl groups excluding tert-OH is 4. The van der Waals surface area contributed by atoms with Gasteiger partial charge in [0.2, 0.25) is 5.79 Å². The molecule has 0 radical (unpaired) electrons. The van der Waals surface area contributed by atoms with Gasteiger partial charge in [0.05, 0.1) is 23.8 Å². The molecule has 2 rings (SSSR count). The Kier molecular flexibility index (Phi) is 6.70. The van der Waals surface area contributed by atoms with Gasteiger partial charge in [0.1, 0.15) is 36.6 Å². The maximum atomic E-state index is 12.3. The number of hydrogen-bond donors (Lipinski definition) is 5. The van der Waals surface area contributed by atoms with Gasteiger partial charge in [0.15, 0.2) is 5.75 Å². The highest BCUT2D eigenvalue weighted by Crippen LogP contribution is 2.35. The average molecular weight is 413 g/mol. The zero-order valence-corrected chi connectivity index (χ0v) is 15.0. The van der Waals surface area contributed by atoms with E-state index in [9.17, 15) is 25.2 Å². The van der Waals surface area contributed by atoms with Gasteiger partial charge in [-0.1, -0.05) is 23.2 Å². The standard InChI is InChI=1S/C15H18Cl2O9/c1-24-12-7(17)3-2-6(16)9(12)14(22)25-5-15(23)13(21)11(20)10(19)8(4-18)26-15/h2-3,8,10-11,13,18-21,23H,4-5H2,1H3/t8?,10-,11?,13?,15+/m1/s1. The van der Waals surface area contributed by atoms with Crippen LogP contribution in [0.3, 0.4) is 0 Å². The first-order valence-corrected chi connectivity index (χ1v) is 8.16. The van der Waals surface area contributed by atoms with Crippen molar-refractivity contribution in [3.05, 3.63) is 27.7 Å². The number of carbonyl (C=O) groups is 1. The van der Waals surface area contributed by atoms with Gasteiger partial charge in [0.25, 0.3) is 0 Å². The number of benzene rings is 1. The van der Waals surface area contributed by atoms with Crippen LogP contribution in [0.2, 0.25) is 10.0 Å². The summed E-state index contributed by atoms with van der Waals surface area (Å²) in [6.07, 6.45) is -6.89. The smallest absolute Gasteiger partial charge is 0.343 e. The van der Waals surface area contributed by atoms with E-state index in [4.69, 9.17) is 42.5 Å². The van der Waals surface area contributed by atoms with Gasteiger partial charge >= 0.3 is 5.97 Å². The largest absolute Gasteiger partial charge is 0.494 e. The summed E-state index contributed by atoms with van der Waals surface area (Å²) >= 11 is 11.9. The van der Waals surface area contributed by atoms with Crippen LogP contribution in [0.15, 0.2) is 12.1 Å². The molecule has 1 aromatic carbocycles. The molecule has 1 aliphatic heterocycles. The van der Waals surface area contributed by atoms with Crippen molar-refractivity contribution in [2.45, 2.75) is 30.2 Å². The quantitative estimate of drug-likeness (QED) is 0.397. The third kappa shape index (κ3) is 3.90. The van der Waals surface area contributed by atoms with E-state index < -0.39 is 49.4 Å². The van der Waals surface area contributed by atoms with Crippen LogP contribution < -0.4 is 4.74 Å². The second-order valence-electron chi connectivity index (χ2n) is 5.62. The van der Waals surface area contributed by atoms with Crippen LogP contribution in [0.5, 0.6) is 5.75 Å². The maximum absolute atomic E-state index is 12.3. The molecule has 0 amide bonds. The first-order valence-electron chi connectivity index (χ1n) is 7.40. The van der Waals surface area contributed by atoms with E-state index >= 15 is 0 Å². The SMILES string of the molecule is COc1c(Cl)ccc(Cl)c1C(=O)OC[C@]1(O)OC(CO)[C@@H](O)C(O)C1O. The van der Waals surface area contributed by atoms with Gasteiger partial charge < -0.3 is 39.7 Å². The predicted molar refractivity (Wildman–Crippen MR) is 88.2 cm³/mol. The highest BCUT2D eigenvalue weighted by atomic mass is 35.5. The molecule has 0 saturated carbocycles. The average Bonchev–Trinajstić information content (AvgIpc) is 2.62. The number of carbonyl (C=O) groups excluding carboxylic acids is 1. The van der Waals surface area contributed by atoms with Crippen molar-refractivity contribution in [1.82, 2.24) is 0 Å². The first-order chi connectivity index (χ1) is 12.2. The molecule has 26 heavy (non-hydrogen) atoms. The molecule has 11 heteroatoms. The molecule has 0 aromatic heterocycles. The van der Waals surface area contributed by atoms with Crippen molar-refractivity contribution >= 4 is 29.2 Å². The summed E-state index contributed by atoms with van der Waals surface area (Å²) in [5.74, 6) is -3.66. The molecule has 9 nitrogen and oxygen atoms in total. The van der Waals surface area contributed by atoms with Gasteiger partial charge in [-0.3, -0.25) is 0 Å². The van der Waals surface area contributed by atoms with Crippen LogP contribution in [0, 0.1) is 0 Å². The number of esters is 1. The van der Waals surface area contributed by atoms with E-state index in [2.05, 4.69) is 0 Å². The zero-order valence-electron chi connectivity index (χ0n) is 13.5. The summed E-state index contributed by atoms with van der Waals surface area (Å²) in [7, 11) is 1.26. The fraction of sp³-hybridized carbons (Fsp3) is 0.533. The molecule has 3 unspecified atom stereocenters. The molecule has 0 bridgehead atoms. The van der Waals surface area contributed by atoms with Crippen molar-refractivity contribution in [1.29, 1.82) is 0 Å². The van der Waals surface area contributed by atoms with Gasteiger partial charge in [-0.05, 0) is 12.1 Å². The maximum Gasteiger partial charge on any atom is 0.343 e. The normalized spacial score (nSPS) is 31.5. The lowest BCUT2D eigenvalue weighted by Gasteiger charge is -2.44. The Labute approximate surface area is 158 Å². The van der Waals surface area contributed by atoms with E-state index in [0.29, 0.717) is 0 Å². The van der Waals surface area contributed by atoms with Gasteiger partial charge in [0, 0.05) is 0 Å². The lowest BCUT2D eigenvalue weighted by molar-refractivity contribution is -0.357. The van der Waals surface area contributed by atoms with E-state index in [-0.39, 0.29) is 21.4 Å². The molecular formula is C15H18Cl2O9. The first kappa shape index (κ1) is 21.1. The van der Waals surface area contributed by atoms with Gasteiger partial charge in [-0.15, -0.1) is 0 Å². The van der Waals surface area contributed by atoms with E-state index in [0.717, 1.165) is 0 Å². The number of rotatable bonds is 5. The molecule has 0 aliphatic carbocycles. The van der Waals surface area contributed by atoms with Crippen LogP contribution in [-0.2, 0) is 9.47 Å². The molecule has 5 N–H and O–H groups in total. The summed E-state index contributed by atoms with van der Waals surface area (Å²) in [6, 6.07) is 2.75. The summed E-state index contributed by atoms with van der Waals surface area (Å²) < 4.78 is 14.9. The summed E-state index contributed by atoms with van der Waals surface area (Å²) in [5, 5.41) is 48.9. The van der Waals surface area contributed by atoms with Crippen molar-refractivity contribution in [2.75, 3.05) is 20.3 Å². The Morgan fingerprint density at radius 3 is 2.42 bits per heavy atom. The monoisotopic (exact) mass is 412 g/mol. The van der Waals surface area contributed by atoms with Crippen molar-refractivity contribution < 1.29 is 44.5 Å². The van der Waals surface area contributed by atoms with Crippen LogP contribution in [-0.4, -0.2) is 82.0 Å². The third-order valence-corrected chi connectivity index (χ3v) is 4.54. The second kappa shape index (κ2) is 8.24. The third-order valence-electron chi connectivity index (χ3n) is 3.93. The Hall–Kier alpha value is -1.17. The Balaban J connectivity index is 2.20. The fourth-order valence-corrected chi connectivity index (χ4v) is 2.96. The Morgan fingerprint density at radius 2 is 1.85 bits per heavy atom. The van der Waals surface area contributed by atoms with Crippen molar-refractivity contribution in [3.8, 4) is 5.75 Å². The lowest BCUT2D eigenvalue weighted by Crippen LogP contribution is -2.66. The van der Waals surface area contributed by atoms with E-state index in [1.807, 2.05) is 0 Å². The van der Waals surface area contributed by atoms with Gasteiger partial charge in [-0.25, -0.2) is 4.79 Å². The molecule has 1 aliphatic rings. The highest BCUT2D eigenvalue weighted by molar-refractivity contribution is 6.37. The number of halogens is 2. The number of hydrogen-bond acceptors (Lipinski definition) is 9.